The van der Waals surface area contributed by atoms with Crippen LogP contribution >= 0.6 is 24.8 Å². The molecule has 0 aliphatic carbocycles. The highest BCUT2D eigenvalue weighted by molar-refractivity contribution is 5.89. The van der Waals surface area contributed by atoms with Crippen molar-refractivity contribution in [1.82, 2.24) is 15.2 Å². The van der Waals surface area contributed by atoms with Crippen LogP contribution in [0.15, 0.2) is 42.6 Å². The number of benzene rings is 1. The van der Waals surface area contributed by atoms with Gasteiger partial charge in [-0.2, -0.15) is 0 Å². The van der Waals surface area contributed by atoms with E-state index in [2.05, 4.69) is 15.6 Å². The molecule has 12 heteroatoms. The summed E-state index contributed by atoms with van der Waals surface area (Å²) in [6, 6.07) is 7.28. The molecule has 2 heterocycles. The fourth-order valence-electron chi connectivity index (χ4n) is 3.63. The molecule has 0 saturated carbocycles. The standard InChI is InChI=1S/C21H26F2N4O4.2ClH/c1-27(9-7-14-4-2-3-8-24-14)19-17(31-18(12-28)20(19)29)11-25-21(30)26-16-6-5-13(22)10-15(16)23;;/h2-6,8,10,17-20,28-29H,7,9,11-12H2,1H3,(H2,25,26,30);2*1H/t17-,18+,19+,20-;;/m1../s1. The quantitative estimate of drug-likeness (QED) is 0.434. The summed E-state index contributed by atoms with van der Waals surface area (Å²) in [5, 5.41) is 25.0. The maximum Gasteiger partial charge on any atom is 0.319 e. The van der Waals surface area contributed by atoms with Gasteiger partial charge in [0.25, 0.3) is 0 Å². The molecule has 8 nitrogen and oxygen atoms in total. The predicted molar refractivity (Wildman–Crippen MR) is 124 cm³/mol. The van der Waals surface area contributed by atoms with Gasteiger partial charge in [0.15, 0.2) is 0 Å². The van der Waals surface area contributed by atoms with Gasteiger partial charge in [0, 0.05) is 37.5 Å². The minimum atomic E-state index is -0.955. The number of hydrogen-bond acceptors (Lipinski definition) is 6. The van der Waals surface area contributed by atoms with E-state index < -0.39 is 42.0 Å². The number of pyridine rings is 1. The van der Waals surface area contributed by atoms with E-state index >= 15 is 0 Å². The fourth-order valence-corrected chi connectivity index (χ4v) is 3.63. The first-order valence-corrected chi connectivity index (χ1v) is 9.93. The second-order valence-electron chi connectivity index (χ2n) is 7.39. The Labute approximate surface area is 203 Å². The molecule has 1 aliphatic rings. The molecule has 4 N–H and O–H groups in total. The zero-order chi connectivity index (χ0) is 22.4. The number of halogens is 4. The zero-order valence-electron chi connectivity index (χ0n) is 17.9. The van der Waals surface area contributed by atoms with Crippen molar-refractivity contribution in [2.75, 3.05) is 32.1 Å². The lowest BCUT2D eigenvalue weighted by Gasteiger charge is -2.30. The molecule has 1 aliphatic heterocycles. The van der Waals surface area contributed by atoms with Gasteiger partial charge < -0.3 is 25.6 Å². The van der Waals surface area contributed by atoms with Crippen molar-refractivity contribution in [3.63, 3.8) is 0 Å². The van der Waals surface area contributed by atoms with Crippen LogP contribution in [0.4, 0.5) is 19.3 Å². The lowest BCUT2D eigenvalue weighted by atomic mass is 10.0. The van der Waals surface area contributed by atoms with Crippen molar-refractivity contribution < 1.29 is 28.5 Å². The third-order valence-corrected chi connectivity index (χ3v) is 5.24. The van der Waals surface area contributed by atoms with Crippen molar-refractivity contribution in [3.05, 3.63) is 59.9 Å². The van der Waals surface area contributed by atoms with Gasteiger partial charge in [0.2, 0.25) is 0 Å². The second kappa shape index (κ2) is 13.6. The number of nitrogens with zero attached hydrogens (tertiary/aromatic N) is 2. The summed E-state index contributed by atoms with van der Waals surface area (Å²) in [5.41, 5.74) is 0.736. The molecule has 33 heavy (non-hydrogen) atoms. The molecule has 4 atom stereocenters. The molecule has 0 radical (unpaired) electrons. The van der Waals surface area contributed by atoms with Crippen LogP contribution in [0.1, 0.15) is 5.69 Å². The number of hydrogen-bond donors (Lipinski definition) is 4. The number of aliphatic hydroxyl groups is 2. The summed E-state index contributed by atoms with van der Waals surface area (Å²) in [5.74, 6) is -1.64. The van der Waals surface area contributed by atoms with Crippen molar-refractivity contribution in [2.45, 2.75) is 30.8 Å². The second-order valence-corrected chi connectivity index (χ2v) is 7.39. The molecule has 0 unspecified atom stereocenters. The summed E-state index contributed by atoms with van der Waals surface area (Å²) in [4.78, 5) is 18.3. The van der Waals surface area contributed by atoms with E-state index in [1.54, 1.807) is 6.20 Å². The first-order chi connectivity index (χ1) is 14.9. The van der Waals surface area contributed by atoms with Crippen LogP contribution in [-0.4, -0.2) is 77.2 Å². The zero-order valence-corrected chi connectivity index (χ0v) is 19.5. The maximum absolute atomic E-state index is 13.7. The third-order valence-electron chi connectivity index (χ3n) is 5.24. The van der Waals surface area contributed by atoms with E-state index in [4.69, 9.17) is 4.74 Å². The van der Waals surface area contributed by atoms with E-state index in [0.717, 1.165) is 17.8 Å². The molecule has 184 valence electrons. The Morgan fingerprint density at radius 1 is 1.21 bits per heavy atom. The van der Waals surface area contributed by atoms with Crippen molar-refractivity contribution in [3.8, 4) is 0 Å². The van der Waals surface area contributed by atoms with E-state index in [0.29, 0.717) is 19.0 Å². The number of nitrogens with one attached hydrogen (secondary N) is 2. The fraction of sp³-hybridized carbons (Fsp3) is 0.429. The van der Waals surface area contributed by atoms with E-state index in [1.165, 1.54) is 0 Å². The number of aliphatic hydroxyl groups excluding tert-OH is 2. The minimum absolute atomic E-state index is 0. The van der Waals surface area contributed by atoms with Gasteiger partial charge in [-0.25, -0.2) is 13.6 Å². The van der Waals surface area contributed by atoms with Crippen molar-refractivity contribution in [2.24, 2.45) is 0 Å². The molecular weight excluding hydrogens is 481 g/mol. The van der Waals surface area contributed by atoms with Crippen LogP contribution in [0.5, 0.6) is 0 Å². The van der Waals surface area contributed by atoms with Crippen LogP contribution in [0.2, 0.25) is 0 Å². The molecule has 0 bridgehead atoms. The molecule has 3 rings (SSSR count). The average Bonchev–Trinajstić information content (AvgIpc) is 3.08. The third kappa shape index (κ3) is 7.73. The Hall–Kier alpha value is -2.08. The molecule has 0 spiro atoms. The number of amides is 2. The number of carbonyl (C=O) groups is 1. The van der Waals surface area contributed by atoms with E-state index in [-0.39, 0.29) is 43.7 Å². The van der Waals surface area contributed by atoms with Crippen LogP contribution in [0.25, 0.3) is 0 Å². The summed E-state index contributed by atoms with van der Waals surface area (Å²) in [6.07, 6.45) is 0.00828. The van der Waals surface area contributed by atoms with Crippen LogP contribution in [0.3, 0.4) is 0 Å². The highest BCUT2D eigenvalue weighted by Crippen LogP contribution is 2.25. The van der Waals surface area contributed by atoms with Gasteiger partial charge in [0.05, 0.1) is 24.4 Å². The topological polar surface area (TPSA) is 107 Å². The van der Waals surface area contributed by atoms with Crippen LogP contribution < -0.4 is 10.6 Å². The molecular formula is C21H28Cl2F2N4O4. The number of rotatable bonds is 8. The van der Waals surface area contributed by atoms with Crippen molar-refractivity contribution in [1.29, 1.82) is 0 Å². The van der Waals surface area contributed by atoms with E-state index in [9.17, 15) is 23.8 Å². The SMILES string of the molecule is CN(CCc1ccccn1)[C@@H]1[C@H](O)[C@H](CO)O[C@@H]1CNC(=O)Nc1ccc(F)cc1F.Cl.Cl. The predicted octanol–water partition coefficient (Wildman–Crippen LogP) is 1.99. The lowest BCUT2D eigenvalue weighted by Crippen LogP contribution is -2.50. The highest BCUT2D eigenvalue weighted by Gasteiger charge is 2.45. The lowest BCUT2D eigenvalue weighted by molar-refractivity contribution is -0.0205. The Bertz CT molecular complexity index is 885. The van der Waals surface area contributed by atoms with Crippen LogP contribution in [-0.2, 0) is 11.2 Å². The van der Waals surface area contributed by atoms with E-state index in [1.807, 2.05) is 30.1 Å². The molecule has 1 saturated heterocycles. The summed E-state index contributed by atoms with van der Waals surface area (Å²) >= 11 is 0. The highest BCUT2D eigenvalue weighted by atomic mass is 35.5. The number of urea groups is 1. The Morgan fingerprint density at radius 2 is 1.97 bits per heavy atom. The Kier molecular flexibility index (Phi) is 11.9. The summed E-state index contributed by atoms with van der Waals surface area (Å²) in [7, 11) is 1.82. The molecule has 1 aromatic heterocycles. The molecule has 1 aromatic carbocycles. The minimum Gasteiger partial charge on any atom is -0.394 e. The Morgan fingerprint density at radius 3 is 2.61 bits per heavy atom. The number of anilines is 1. The summed E-state index contributed by atoms with van der Waals surface area (Å²) in [6.45, 7) is 0.222. The Balaban J connectivity index is 0.00000272. The van der Waals surface area contributed by atoms with Crippen molar-refractivity contribution >= 4 is 36.5 Å². The largest absolute Gasteiger partial charge is 0.394 e. The molecule has 1 fully saturated rings. The number of likely N-dealkylation sites (N-methyl/N-ethyl adjacent to an activating group) is 1. The van der Waals surface area contributed by atoms with Crippen LogP contribution in [0, 0.1) is 11.6 Å². The van der Waals surface area contributed by atoms with Gasteiger partial charge in [0.1, 0.15) is 23.8 Å². The summed E-state index contributed by atoms with van der Waals surface area (Å²) < 4.78 is 32.4. The molecule has 2 aromatic rings. The van der Waals surface area contributed by atoms with Gasteiger partial charge in [-0.3, -0.25) is 9.88 Å². The number of aromatic nitrogens is 1. The van der Waals surface area contributed by atoms with Gasteiger partial charge in [-0.05, 0) is 31.3 Å². The van der Waals surface area contributed by atoms with Gasteiger partial charge in [-0.1, -0.05) is 6.07 Å². The average molecular weight is 509 g/mol. The van der Waals surface area contributed by atoms with Gasteiger partial charge in [-0.15, -0.1) is 24.8 Å². The monoisotopic (exact) mass is 508 g/mol. The number of ether oxygens (including phenoxy) is 1. The molecule has 2 amide bonds. The maximum atomic E-state index is 13.7. The smallest absolute Gasteiger partial charge is 0.319 e. The number of carbonyl (C=O) groups excluding carboxylic acids is 1. The van der Waals surface area contributed by atoms with Gasteiger partial charge >= 0.3 is 6.03 Å². The first kappa shape index (κ1) is 29.0. The first-order valence-electron chi connectivity index (χ1n) is 9.93. The normalized spacial score (nSPS) is 21.8.